The molecule has 2 aliphatic heterocycles. The van der Waals surface area contributed by atoms with Gasteiger partial charge in [-0.25, -0.2) is 0 Å². The zero-order chi connectivity index (χ0) is 38.5. The van der Waals surface area contributed by atoms with Crippen molar-refractivity contribution in [3.8, 4) is 44.5 Å². The molecule has 0 saturated carbocycles. The molecule has 0 atom stereocenters. The largest absolute Gasteiger partial charge is 0.0888 e. The highest BCUT2D eigenvalue weighted by Gasteiger charge is 2.44. The van der Waals surface area contributed by atoms with Gasteiger partial charge in [-0.15, -0.1) is 0 Å². The van der Waals surface area contributed by atoms with Crippen molar-refractivity contribution in [2.24, 2.45) is 0 Å². The molecule has 56 heavy (non-hydrogen) atoms. The summed E-state index contributed by atoms with van der Waals surface area (Å²) in [4.78, 5) is 5.62. The Morgan fingerprint density at radius 2 is 0.679 bits per heavy atom. The van der Waals surface area contributed by atoms with Crippen molar-refractivity contribution >= 4 is 23.5 Å². The van der Waals surface area contributed by atoms with Crippen LogP contribution < -0.4 is 0 Å². The van der Waals surface area contributed by atoms with E-state index in [1.165, 1.54) is 109 Å². The maximum Gasteiger partial charge on any atom is 0.0245 e. The van der Waals surface area contributed by atoms with Gasteiger partial charge in [-0.05, 0) is 108 Å². The molecule has 0 aromatic heterocycles. The Bertz CT molecular complexity index is 2670. The third-order valence-corrected chi connectivity index (χ3v) is 16.4. The molecule has 7 aromatic carbocycles. The van der Waals surface area contributed by atoms with Crippen LogP contribution in [0.4, 0.5) is 0 Å². The number of benzene rings is 7. The number of fused-ring (bicyclic) bond motifs is 12. The lowest BCUT2D eigenvalue weighted by Crippen LogP contribution is -2.24. The highest BCUT2D eigenvalue weighted by molar-refractivity contribution is 8.00. The number of hydrogen-bond acceptors (Lipinski definition) is 2. The van der Waals surface area contributed by atoms with Crippen molar-refractivity contribution in [1.29, 1.82) is 0 Å². The molecular weight excluding hydrogens is 713 g/mol. The SMILES string of the molecule is CC1(C)c2ccccc2Sc2c1ccc1c2-c2ccc(-c3cccc(-c4ccc5c(c4)C(C)(C)c4ccc6c(c4-5)Sc4ccccc4C6(C)C)c3)cc2C1(C)C. The van der Waals surface area contributed by atoms with Crippen molar-refractivity contribution < 1.29 is 0 Å². The fraction of sp³-hybridized carbons (Fsp3) is 0.222. The van der Waals surface area contributed by atoms with Crippen LogP contribution in [0.15, 0.2) is 153 Å². The first kappa shape index (κ1) is 34.5. The molecule has 4 aliphatic rings. The normalized spacial score (nSPS) is 17.7. The molecule has 0 amide bonds. The molecule has 2 aliphatic carbocycles. The van der Waals surface area contributed by atoms with Crippen LogP contribution in [-0.2, 0) is 21.7 Å². The predicted octanol–water partition coefficient (Wildman–Crippen LogP) is 15.2. The predicted molar refractivity (Wildman–Crippen MR) is 238 cm³/mol. The quantitative estimate of drug-likeness (QED) is 0.172. The molecule has 2 heterocycles. The Kier molecular flexibility index (Phi) is 7.04. The Morgan fingerprint density at radius 1 is 0.304 bits per heavy atom. The Balaban J connectivity index is 0.977. The molecular formula is C54H46S2. The van der Waals surface area contributed by atoms with E-state index in [9.17, 15) is 0 Å². The summed E-state index contributed by atoms with van der Waals surface area (Å²) >= 11 is 3.92. The smallest absolute Gasteiger partial charge is 0.0245 e. The molecule has 0 fully saturated rings. The minimum Gasteiger partial charge on any atom is -0.0888 e. The second kappa shape index (κ2) is 11.4. The van der Waals surface area contributed by atoms with Gasteiger partial charge in [-0.3, -0.25) is 0 Å². The van der Waals surface area contributed by atoms with Gasteiger partial charge in [0, 0.05) is 52.4 Å². The van der Waals surface area contributed by atoms with E-state index >= 15 is 0 Å². The van der Waals surface area contributed by atoms with Gasteiger partial charge < -0.3 is 0 Å². The van der Waals surface area contributed by atoms with E-state index in [-0.39, 0.29) is 21.7 Å². The summed E-state index contributed by atoms with van der Waals surface area (Å²) in [6, 6.07) is 51.3. The minimum atomic E-state index is -0.0929. The van der Waals surface area contributed by atoms with Gasteiger partial charge in [0.2, 0.25) is 0 Å². The van der Waals surface area contributed by atoms with E-state index in [2.05, 4.69) is 189 Å². The third-order valence-electron chi connectivity index (χ3n) is 14.0. The van der Waals surface area contributed by atoms with Crippen LogP contribution in [0, 0.1) is 0 Å². The molecule has 0 nitrogen and oxygen atoms in total. The van der Waals surface area contributed by atoms with Crippen LogP contribution in [0.25, 0.3) is 44.5 Å². The second-order valence-corrected chi connectivity index (χ2v) is 20.6. The highest BCUT2D eigenvalue weighted by atomic mass is 32.2. The van der Waals surface area contributed by atoms with E-state index in [1.807, 2.05) is 23.5 Å². The van der Waals surface area contributed by atoms with Crippen LogP contribution in [0.5, 0.6) is 0 Å². The lowest BCUT2D eigenvalue weighted by atomic mass is 9.75. The van der Waals surface area contributed by atoms with Crippen molar-refractivity contribution in [2.75, 3.05) is 0 Å². The maximum absolute atomic E-state index is 2.48. The zero-order valence-corrected chi connectivity index (χ0v) is 35.2. The Labute approximate surface area is 340 Å². The topological polar surface area (TPSA) is 0 Å². The zero-order valence-electron chi connectivity index (χ0n) is 33.5. The summed E-state index contributed by atoms with van der Waals surface area (Å²) in [7, 11) is 0. The summed E-state index contributed by atoms with van der Waals surface area (Å²) in [6.07, 6.45) is 0. The average molecular weight is 759 g/mol. The molecule has 0 radical (unpaired) electrons. The van der Waals surface area contributed by atoms with Gasteiger partial charge in [0.1, 0.15) is 0 Å². The molecule has 0 bridgehead atoms. The summed E-state index contributed by atoms with van der Waals surface area (Å²) < 4.78 is 0. The van der Waals surface area contributed by atoms with Gasteiger partial charge in [-0.1, -0.05) is 182 Å². The van der Waals surface area contributed by atoms with Gasteiger partial charge >= 0.3 is 0 Å². The molecule has 0 unspecified atom stereocenters. The van der Waals surface area contributed by atoms with Crippen LogP contribution in [0.1, 0.15) is 99.9 Å². The molecule has 11 rings (SSSR count). The van der Waals surface area contributed by atoms with E-state index in [4.69, 9.17) is 0 Å². The van der Waals surface area contributed by atoms with Crippen LogP contribution in [0.2, 0.25) is 0 Å². The second-order valence-electron chi connectivity index (χ2n) is 18.5. The van der Waals surface area contributed by atoms with Gasteiger partial charge in [0.25, 0.3) is 0 Å². The first-order valence-corrected chi connectivity index (χ1v) is 21.7. The van der Waals surface area contributed by atoms with Crippen molar-refractivity contribution in [3.63, 3.8) is 0 Å². The first-order chi connectivity index (χ1) is 26.8. The molecule has 274 valence electrons. The van der Waals surface area contributed by atoms with Crippen LogP contribution >= 0.6 is 23.5 Å². The van der Waals surface area contributed by atoms with E-state index in [0.29, 0.717) is 0 Å². The van der Waals surface area contributed by atoms with Crippen LogP contribution in [0.3, 0.4) is 0 Å². The Hall–Kier alpha value is -4.76. The first-order valence-electron chi connectivity index (χ1n) is 20.1. The average Bonchev–Trinajstić information content (AvgIpc) is 3.57. The standard InChI is InChI=1S/C54H46S2/c1-51(2)37-16-9-11-18-45(37)55-49-41(51)26-24-39-47(49)35-22-20-33(29-43(35)53(39,5)6)31-14-13-15-32(28-31)34-21-23-36-44(30-34)54(7,8)40-25-27-42-50(48(36)40)56-46-19-12-10-17-38(46)52(42,3)4/h9-30H,1-8H3. The van der Waals surface area contributed by atoms with Crippen LogP contribution in [-0.4, -0.2) is 0 Å². The maximum atomic E-state index is 2.48. The van der Waals surface area contributed by atoms with Crippen molar-refractivity contribution in [2.45, 2.75) is 96.6 Å². The fourth-order valence-corrected chi connectivity index (χ4v) is 13.8. The molecule has 2 heteroatoms. The van der Waals surface area contributed by atoms with E-state index < -0.39 is 0 Å². The van der Waals surface area contributed by atoms with Gasteiger partial charge in [0.05, 0.1) is 0 Å². The molecule has 0 saturated heterocycles. The van der Waals surface area contributed by atoms with E-state index in [1.54, 1.807) is 0 Å². The number of rotatable bonds is 2. The fourth-order valence-electron chi connectivity index (χ4n) is 10.7. The van der Waals surface area contributed by atoms with Gasteiger partial charge in [-0.2, -0.15) is 0 Å². The van der Waals surface area contributed by atoms with Crippen molar-refractivity contribution in [3.05, 3.63) is 178 Å². The highest BCUT2D eigenvalue weighted by Crippen LogP contribution is 2.61. The summed E-state index contributed by atoms with van der Waals surface area (Å²) in [5, 5.41) is 0. The van der Waals surface area contributed by atoms with E-state index in [0.717, 1.165) is 0 Å². The minimum absolute atomic E-state index is 0.0451. The molecule has 0 N–H and O–H groups in total. The Morgan fingerprint density at radius 3 is 1.12 bits per heavy atom. The van der Waals surface area contributed by atoms with Crippen molar-refractivity contribution in [1.82, 2.24) is 0 Å². The third kappa shape index (κ3) is 4.52. The summed E-state index contributed by atoms with van der Waals surface area (Å²) in [5.41, 5.74) is 21.9. The molecule has 0 spiro atoms. The monoisotopic (exact) mass is 758 g/mol. The summed E-state index contributed by atoms with van der Waals surface area (Å²) in [6.45, 7) is 19.2. The summed E-state index contributed by atoms with van der Waals surface area (Å²) in [5.74, 6) is 0. The lowest BCUT2D eigenvalue weighted by molar-refractivity contribution is 0.604. The van der Waals surface area contributed by atoms with Gasteiger partial charge in [0.15, 0.2) is 0 Å². The lowest BCUT2D eigenvalue weighted by Gasteiger charge is -2.36. The number of hydrogen-bond donors (Lipinski definition) is 0. The molecule has 7 aromatic rings.